The largest absolute Gasteiger partial charge is 0.346 e. The lowest BCUT2D eigenvalue weighted by molar-refractivity contribution is -0.856. The van der Waals surface area contributed by atoms with Gasteiger partial charge in [-0.3, -0.25) is 4.79 Å². The van der Waals surface area contributed by atoms with Gasteiger partial charge < -0.3 is 10.2 Å². The number of hydrogen-bond acceptors (Lipinski definition) is 2. The average Bonchev–Trinajstić information content (AvgIpc) is 2.83. The van der Waals surface area contributed by atoms with Crippen molar-refractivity contribution in [1.29, 1.82) is 0 Å². The molecule has 2 rings (SSSR count). The molecule has 0 atom stereocenters. The van der Waals surface area contributed by atoms with Crippen LogP contribution in [0.25, 0.3) is 5.69 Å². The van der Waals surface area contributed by atoms with E-state index in [4.69, 9.17) is 11.6 Å². The molecule has 5 nitrogen and oxygen atoms in total. The average molecular weight is 336 g/mol. The number of quaternary nitrogens is 1. The molecule has 1 heterocycles. The van der Waals surface area contributed by atoms with Crippen LogP contribution in [0.15, 0.2) is 24.3 Å². The minimum Gasteiger partial charge on any atom is -0.346 e. The second kappa shape index (κ2) is 7.62. The molecule has 2 N–H and O–H groups in total. The van der Waals surface area contributed by atoms with Crippen LogP contribution in [0.3, 0.4) is 0 Å². The zero-order valence-corrected chi connectivity index (χ0v) is 14.9. The molecule has 0 fully saturated rings. The predicted octanol–water partition coefficient (Wildman–Crippen LogP) is 1.27. The maximum atomic E-state index is 12.5. The summed E-state index contributed by atoms with van der Waals surface area (Å²) in [5, 5.41) is 8.18. The Kier molecular flexibility index (Phi) is 5.80. The third-order valence-corrected chi connectivity index (χ3v) is 3.92. The van der Waals surface area contributed by atoms with E-state index >= 15 is 0 Å². The molecule has 0 bridgehead atoms. The number of likely N-dealkylation sites (N-methyl/N-ethyl adjacent to an activating group) is 1. The summed E-state index contributed by atoms with van der Waals surface area (Å²) in [6.07, 6.45) is 0.717. The van der Waals surface area contributed by atoms with Gasteiger partial charge in [-0.05, 0) is 31.5 Å². The number of nitrogens with one attached hydrogen (secondary N) is 2. The number of aromatic nitrogens is 2. The summed E-state index contributed by atoms with van der Waals surface area (Å²) >= 11 is 6.07. The van der Waals surface area contributed by atoms with Crippen LogP contribution in [0.4, 0.5) is 0 Å². The van der Waals surface area contributed by atoms with Crippen molar-refractivity contribution in [1.82, 2.24) is 15.1 Å². The SMILES string of the molecule is CCc1c(C(=O)NCC[NH+](C)C)c(C)nn1-c1cccc(Cl)c1. The molecule has 0 radical (unpaired) electrons. The minimum absolute atomic E-state index is 0.0612. The number of carbonyl (C=O) groups is 1. The highest BCUT2D eigenvalue weighted by Gasteiger charge is 2.21. The molecule has 1 aromatic carbocycles. The third-order valence-electron chi connectivity index (χ3n) is 3.68. The Hall–Kier alpha value is -1.85. The van der Waals surface area contributed by atoms with Gasteiger partial charge in [0.2, 0.25) is 0 Å². The number of nitrogens with zero attached hydrogens (tertiary/aromatic N) is 2. The van der Waals surface area contributed by atoms with Crippen molar-refractivity contribution in [2.45, 2.75) is 20.3 Å². The van der Waals surface area contributed by atoms with Crippen molar-refractivity contribution >= 4 is 17.5 Å². The number of halogens is 1. The summed E-state index contributed by atoms with van der Waals surface area (Å²) in [7, 11) is 4.12. The quantitative estimate of drug-likeness (QED) is 0.835. The van der Waals surface area contributed by atoms with Crippen LogP contribution < -0.4 is 10.2 Å². The van der Waals surface area contributed by atoms with E-state index < -0.39 is 0 Å². The number of rotatable bonds is 6. The topological polar surface area (TPSA) is 51.4 Å². The fourth-order valence-corrected chi connectivity index (χ4v) is 2.72. The lowest BCUT2D eigenvalue weighted by atomic mass is 10.1. The first-order valence-electron chi connectivity index (χ1n) is 7.85. The Morgan fingerprint density at radius 1 is 1.39 bits per heavy atom. The summed E-state index contributed by atoms with van der Waals surface area (Å²) in [5.74, 6) is -0.0612. The minimum atomic E-state index is -0.0612. The van der Waals surface area contributed by atoms with Gasteiger partial charge in [0.25, 0.3) is 5.91 Å². The molecule has 124 valence electrons. The summed E-state index contributed by atoms with van der Waals surface area (Å²) < 4.78 is 1.81. The normalized spacial score (nSPS) is 11.0. The molecule has 0 aliphatic rings. The molecular weight excluding hydrogens is 312 g/mol. The first-order chi connectivity index (χ1) is 10.9. The number of aryl methyl sites for hydroxylation is 1. The van der Waals surface area contributed by atoms with E-state index in [2.05, 4.69) is 24.5 Å². The Balaban J connectivity index is 2.32. The lowest BCUT2D eigenvalue weighted by Gasteiger charge is -2.10. The molecular formula is C17H24ClN4O+. The van der Waals surface area contributed by atoms with E-state index in [0.717, 1.165) is 30.0 Å². The molecule has 0 aliphatic heterocycles. The van der Waals surface area contributed by atoms with Crippen molar-refractivity contribution in [2.24, 2.45) is 0 Å². The molecule has 0 aliphatic carbocycles. The monoisotopic (exact) mass is 335 g/mol. The number of benzene rings is 1. The van der Waals surface area contributed by atoms with Crippen molar-refractivity contribution in [2.75, 3.05) is 27.2 Å². The second-order valence-corrected chi connectivity index (χ2v) is 6.30. The van der Waals surface area contributed by atoms with Gasteiger partial charge in [-0.25, -0.2) is 4.68 Å². The molecule has 1 amide bonds. The highest BCUT2D eigenvalue weighted by atomic mass is 35.5. The van der Waals surface area contributed by atoms with Crippen molar-refractivity contribution < 1.29 is 9.69 Å². The highest BCUT2D eigenvalue weighted by molar-refractivity contribution is 6.30. The smallest absolute Gasteiger partial charge is 0.255 e. The van der Waals surface area contributed by atoms with Crippen LogP contribution >= 0.6 is 11.6 Å². The maximum absolute atomic E-state index is 12.5. The van der Waals surface area contributed by atoms with E-state index in [1.165, 1.54) is 4.90 Å². The van der Waals surface area contributed by atoms with Crippen LogP contribution in [-0.4, -0.2) is 42.9 Å². The fourth-order valence-electron chi connectivity index (χ4n) is 2.53. The molecule has 2 aromatic rings. The molecule has 0 saturated carbocycles. The van der Waals surface area contributed by atoms with Gasteiger partial charge in [0.15, 0.2) is 0 Å². The maximum Gasteiger partial charge on any atom is 0.255 e. The van der Waals surface area contributed by atoms with E-state index in [9.17, 15) is 4.79 Å². The van der Waals surface area contributed by atoms with Crippen LogP contribution in [0.5, 0.6) is 0 Å². The molecule has 6 heteroatoms. The summed E-state index contributed by atoms with van der Waals surface area (Å²) in [6.45, 7) is 5.42. The summed E-state index contributed by atoms with van der Waals surface area (Å²) in [5.41, 5.74) is 3.17. The standard InChI is InChI=1S/C17H23ClN4O/c1-5-15-16(17(23)19-9-10-21(3)4)12(2)20-22(15)14-8-6-7-13(18)11-14/h6-8,11H,5,9-10H2,1-4H3,(H,19,23)/p+1. The zero-order chi connectivity index (χ0) is 17.0. The molecule has 0 spiro atoms. The zero-order valence-electron chi connectivity index (χ0n) is 14.1. The van der Waals surface area contributed by atoms with Crippen LogP contribution in [0.2, 0.25) is 5.02 Å². The highest BCUT2D eigenvalue weighted by Crippen LogP contribution is 2.21. The molecule has 23 heavy (non-hydrogen) atoms. The predicted molar refractivity (Wildman–Crippen MR) is 92.7 cm³/mol. The third kappa shape index (κ3) is 4.12. The van der Waals surface area contributed by atoms with Crippen molar-refractivity contribution in [3.8, 4) is 5.69 Å². The molecule has 0 saturated heterocycles. The summed E-state index contributed by atoms with van der Waals surface area (Å²) in [6, 6.07) is 7.50. The van der Waals surface area contributed by atoms with Crippen LogP contribution in [0.1, 0.15) is 28.7 Å². The van der Waals surface area contributed by atoms with Gasteiger partial charge in [-0.1, -0.05) is 24.6 Å². The van der Waals surface area contributed by atoms with Gasteiger partial charge >= 0.3 is 0 Å². The van der Waals surface area contributed by atoms with Gasteiger partial charge in [0.05, 0.1) is 49.8 Å². The number of hydrogen-bond donors (Lipinski definition) is 2. The Morgan fingerprint density at radius 3 is 2.74 bits per heavy atom. The molecule has 1 aromatic heterocycles. The van der Waals surface area contributed by atoms with Gasteiger partial charge in [0.1, 0.15) is 0 Å². The first-order valence-corrected chi connectivity index (χ1v) is 8.23. The van der Waals surface area contributed by atoms with Crippen LogP contribution in [-0.2, 0) is 6.42 Å². The van der Waals surface area contributed by atoms with Crippen molar-refractivity contribution in [3.63, 3.8) is 0 Å². The van der Waals surface area contributed by atoms with Gasteiger partial charge in [-0.2, -0.15) is 5.10 Å². The van der Waals surface area contributed by atoms with Gasteiger partial charge in [-0.15, -0.1) is 0 Å². The van der Waals surface area contributed by atoms with Crippen molar-refractivity contribution in [3.05, 3.63) is 46.2 Å². The number of amides is 1. The molecule has 0 unspecified atom stereocenters. The lowest BCUT2D eigenvalue weighted by Crippen LogP contribution is -3.06. The van der Waals surface area contributed by atoms with Crippen LogP contribution in [0, 0.1) is 6.92 Å². The Labute approximate surface area is 142 Å². The van der Waals surface area contributed by atoms with Gasteiger partial charge in [0, 0.05) is 5.02 Å². The fraction of sp³-hybridized carbons (Fsp3) is 0.412. The van der Waals surface area contributed by atoms with E-state index in [0.29, 0.717) is 17.1 Å². The van der Waals surface area contributed by atoms with E-state index in [1.807, 2.05) is 42.8 Å². The first kappa shape index (κ1) is 17.5. The Morgan fingerprint density at radius 2 is 2.13 bits per heavy atom. The number of carbonyl (C=O) groups excluding carboxylic acids is 1. The van der Waals surface area contributed by atoms with E-state index in [-0.39, 0.29) is 5.91 Å². The Bertz CT molecular complexity index is 694. The summed E-state index contributed by atoms with van der Waals surface area (Å²) in [4.78, 5) is 13.8. The second-order valence-electron chi connectivity index (χ2n) is 5.87. The van der Waals surface area contributed by atoms with E-state index in [1.54, 1.807) is 0 Å².